The van der Waals surface area contributed by atoms with E-state index < -0.39 is 0 Å². The summed E-state index contributed by atoms with van der Waals surface area (Å²) in [7, 11) is 0. The molecule has 5 aromatic rings. The van der Waals surface area contributed by atoms with Crippen LogP contribution in [0.5, 0.6) is 0 Å². The Bertz CT molecular complexity index is 1260. The summed E-state index contributed by atoms with van der Waals surface area (Å²) in [5, 5.41) is 3.82. The molecule has 0 unspecified atom stereocenters. The van der Waals surface area contributed by atoms with E-state index in [0.717, 1.165) is 33.4 Å². The summed E-state index contributed by atoms with van der Waals surface area (Å²) >= 11 is 0. The van der Waals surface area contributed by atoms with E-state index >= 15 is 0 Å². The molecule has 140 valence electrons. The molecule has 29 heavy (non-hydrogen) atoms. The number of oxazole rings is 1. The summed E-state index contributed by atoms with van der Waals surface area (Å²) in [6.45, 7) is 1.81. The largest absolute Gasteiger partial charge is 0.436 e. The predicted octanol–water partition coefficient (Wildman–Crippen LogP) is 6.02. The molecule has 2 heterocycles. The summed E-state index contributed by atoms with van der Waals surface area (Å²) in [4.78, 5) is 8.78. The van der Waals surface area contributed by atoms with E-state index in [-0.39, 0.29) is 0 Å². The standard InChI is InChI=1S/C24H17N3O2/c1-16-25-24(29-27-16)20-14-10-18(11-15-20)7-6-17-8-12-19(13-9-17)23-26-21-4-2-3-5-22(21)28-23/h2-15H,1H3. The molecule has 0 aliphatic heterocycles. The Balaban J connectivity index is 1.32. The molecule has 0 radical (unpaired) electrons. The van der Waals surface area contributed by atoms with Crippen molar-refractivity contribution in [2.45, 2.75) is 6.92 Å². The highest BCUT2D eigenvalue weighted by Crippen LogP contribution is 2.25. The van der Waals surface area contributed by atoms with E-state index in [2.05, 4.69) is 39.4 Å². The van der Waals surface area contributed by atoms with Gasteiger partial charge in [-0.05, 0) is 54.4 Å². The minimum absolute atomic E-state index is 0.535. The number of benzene rings is 3. The molecule has 2 aromatic heterocycles. The first-order chi connectivity index (χ1) is 14.2. The number of aryl methyl sites for hydroxylation is 1. The number of fused-ring (bicyclic) bond motifs is 1. The van der Waals surface area contributed by atoms with Crippen molar-refractivity contribution < 1.29 is 8.94 Å². The maximum Gasteiger partial charge on any atom is 0.257 e. The van der Waals surface area contributed by atoms with Crippen molar-refractivity contribution in [3.8, 4) is 22.9 Å². The number of nitrogens with zero attached hydrogens (tertiary/aromatic N) is 3. The predicted molar refractivity (Wildman–Crippen MR) is 113 cm³/mol. The molecule has 5 nitrogen and oxygen atoms in total. The zero-order valence-electron chi connectivity index (χ0n) is 15.7. The van der Waals surface area contributed by atoms with Gasteiger partial charge in [0.1, 0.15) is 5.52 Å². The molecular weight excluding hydrogens is 362 g/mol. The van der Waals surface area contributed by atoms with Crippen molar-refractivity contribution in [3.05, 3.63) is 89.7 Å². The number of hydrogen-bond acceptors (Lipinski definition) is 5. The highest BCUT2D eigenvalue weighted by Gasteiger charge is 2.07. The summed E-state index contributed by atoms with van der Waals surface area (Å²) in [6.07, 6.45) is 4.14. The summed E-state index contributed by atoms with van der Waals surface area (Å²) in [5.41, 5.74) is 5.72. The Morgan fingerprint density at radius 3 is 1.90 bits per heavy atom. The van der Waals surface area contributed by atoms with Crippen LogP contribution in [-0.2, 0) is 0 Å². The summed E-state index contributed by atoms with van der Waals surface area (Å²) in [6, 6.07) is 23.9. The summed E-state index contributed by atoms with van der Waals surface area (Å²) < 4.78 is 11.0. The van der Waals surface area contributed by atoms with Crippen LogP contribution in [0.25, 0.3) is 46.2 Å². The third-order valence-corrected chi connectivity index (χ3v) is 4.60. The minimum atomic E-state index is 0.535. The van der Waals surface area contributed by atoms with Gasteiger partial charge in [-0.2, -0.15) is 4.98 Å². The molecule has 0 aliphatic carbocycles. The van der Waals surface area contributed by atoms with Crippen LogP contribution < -0.4 is 0 Å². The molecule has 5 heteroatoms. The van der Waals surface area contributed by atoms with Crippen molar-refractivity contribution >= 4 is 23.3 Å². The van der Waals surface area contributed by atoms with Crippen LogP contribution in [0.1, 0.15) is 17.0 Å². The average Bonchev–Trinajstić information content (AvgIpc) is 3.39. The van der Waals surface area contributed by atoms with E-state index in [1.165, 1.54) is 0 Å². The van der Waals surface area contributed by atoms with Gasteiger partial charge in [0.15, 0.2) is 11.4 Å². The Kier molecular flexibility index (Phi) is 4.26. The number of hydrogen-bond donors (Lipinski definition) is 0. The van der Waals surface area contributed by atoms with Crippen LogP contribution in [0.4, 0.5) is 0 Å². The quantitative estimate of drug-likeness (QED) is 0.357. The molecular formula is C24H17N3O2. The van der Waals surface area contributed by atoms with Gasteiger partial charge in [-0.3, -0.25) is 0 Å². The Hall–Kier alpha value is -3.99. The second kappa shape index (κ2) is 7.20. The van der Waals surface area contributed by atoms with Crippen LogP contribution in [0, 0.1) is 6.92 Å². The zero-order valence-corrected chi connectivity index (χ0v) is 15.7. The van der Waals surface area contributed by atoms with Crippen molar-refractivity contribution in [2.75, 3.05) is 0 Å². The molecule has 0 saturated heterocycles. The summed E-state index contributed by atoms with van der Waals surface area (Å²) in [5.74, 6) is 1.80. The lowest BCUT2D eigenvalue weighted by Gasteiger charge is -1.99. The topological polar surface area (TPSA) is 65.0 Å². The van der Waals surface area contributed by atoms with Crippen molar-refractivity contribution in [1.82, 2.24) is 15.1 Å². The van der Waals surface area contributed by atoms with Crippen LogP contribution in [0.15, 0.2) is 81.7 Å². The van der Waals surface area contributed by atoms with E-state index in [9.17, 15) is 0 Å². The van der Waals surface area contributed by atoms with Gasteiger partial charge < -0.3 is 8.94 Å². The molecule has 5 rings (SSSR count). The molecule has 0 fully saturated rings. The maximum atomic E-state index is 5.83. The Morgan fingerprint density at radius 1 is 0.690 bits per heavy atom. The molecule has 0 spiro atoms. The van der Waals surface area contributed by atoms with E-state index in [1.54, 1.807) is 6.92 Å². The molecule has 0 aliphatic rings. The fourth-order valence-corrected chi connectivity index (χ4v) is 3.08. The second-order valence-electron chi connectivity index (χ2n) is 6.71. The third kappa shape index (κ3) is 3.58. The molecule has 0 bridgehead atoms. The molecule has 0 saturated carbocycles. The normalized spacial score (nSPS) is 11.5. The monoisotopic (exact) mass is 379 g/mol. The van der Waals surface area contributed by atoms with Crippen molar-refractivity contribution in [2.24, 2.45) is 0 Å². The lowest BCUT2D eigenvalue weighted by Crippen LogP contribution is -1.80. The molecule has 3 aromatic carbocycles. The number of para-hydroxylation sites is 2. The zero-order chi connectivity index (χ0) is 19.6. The van der Waals surface area contributed by atoms with Gasteiger partial charge in [0.25, 0.3) is 5.89 Å². The van der Waals surface area contributed by atoms with Gasteiger partial charge in [0, 0.05) is 11.1 Å². The number of rotatable bonds is 4. The first-order valence-electron chi connectivity index (χ1n) is 9.29. The highest BCUT2D eigenvalue weighted by molar-refractivity contribution is 5.77. The Morgan fingerprint density at radius 2 is 1.31 bits per heavy atom. The smallest absolute Gasteiger partial charge is 0.257 e. The van der Waals surface area contributed by atoms with Gasteiger partial charge in [-0.15, -0.1) is 0 Å². The molecule has 0 amide bonds. The van der Waals surface area contributed by atoms with Crippen LogP contribution >= 0.6 is 0 Å². The SMILES string of the molecule is Cc1noc(-c2ccc(C=Cc3ccc(-c4nc5ccccc5o4)cc3)cc2)n1. The number of aromatic nitrogens is 3. The second-order valence-corrected chi connectivity index (χ2v) is 6.71. The highest BCUT2D eigenvalue weighted by atomic mass is 16.5. The average molecular weight is 379 g/mol. The first-order valence-corrected chi connectivity index (χ1v) is 9.29. The molecule has 0 atom stereocenters. The fourth-order valence-electron chi connectivity index (χ4n) is 3.08. The fraction of sp³-hybridized carbons (Fsp3) is 0.0417. The van der Waals surface area contributed by atoms with E-state index in [0.29, 0.717) is 17.6 Å². The lowest BCUT2D eigenvalue weighted by atomic mass is 10.1. The van der Waals surface area contributed by atoms with Gasteiger partial charge in [-0.25, -0.2) is 4.98 Å². The van der Waals surface area contributed by atoms with E-state index in [4.69, 9.17) is 8.94 Å². The van der Waals surface area contributed by atoms with Gasteiger partial charge in [-0.1, -0.05) is 53.7 Å². The first kappa shape index (κ1) is 17.1. The molecule has 0 N–H and O–H groups in total. The maximum absolute atomic E-state index is 5.83. The minimum Gasteiger partial charge on any atom is -0.436 e. The lowest BCUT2D eigenvalue weighted by molar-refractivity contribution is 0.425. The van der Waals surface area contributed by atoms with Gasteiger partial charge in [0.05, 0.1) is 0 Å². The van der Waals surface area contributed by atoms with Crippen molar-refractivity contribution in [3.63, 3.8) is 0 Å². The van der Waals surface area contributed by atoms with Crippen LogP contribution in [0.3, 0.4) is 0 Å². The Labute approximate surface area is 167 Å². The van der Waals surface area contributed by atoms with Gasteiger partial charge >= 0.3 is 0 Å². The van der Waals surface area contributed by atoms with Crippen LogP contribution in [0.2, 0.25) is 0 Å². The van der Waals surface area contributed by atoms with Gasteiger partial charge in [0.2, 0.25) is 5.89 Å². The third-order valence-electron chi connectivity index (χ3n) is 4.60. The van der Waals surface area contributed by atoms with Crippen molar-refractivity contribution in [1.29, 1.82) is 0 Å². The van der Waals surface area contributed by atoms with E-state index in [1.807, 2.05) is 60.7 Å². The van der Waals surface area contributed by atoms with Crippen LogP contribution in [-0.4, -0.2) is 15.1 Å².